The summed E-state index contributed by atoms with van der Waals surface area (Å²) < 4.78 is 44.8. The first-order chi connectivity index (χ1) is 11.9. The summed E-state index contributed by atoms with van der Waals surface area (Å²) in [5.74, 6) is -1.29. The second kappa shape index (κ2) is 6.63. The molecule has 1 heterocycles. The normalized spacial score (nSPS) is 17.0. The number of carbonyl (C=O) groups is 1. The van der Waals surface area contributed by atoms with Gasteiger partial charge in [0.15, 0.2) is 0 Å². The summed E-state index contributed by atoms with van der Waals surface area (Å²) in [4.78, 5) is 13.0. The number of hydrogen-bond donors (Lipinski definition) is 0. The quantitative estimate of drug-likeness (QED) is 0.752. The van der Waals surface area contributed by atoms with Crippen molar-refractivity contribution in [3.05, 3.63) is 71.8 Å². The molecule has 0 aromatic heterocycles. The van der Waals surface area contributed by atoms with Crippen LogP contribution in [0.15, 0.2) is 60.7 Å². The summed E-state index contributed by atoms with van der Waals surface area (Å²) in [5, 5.41) is 0. The number of ether oxygens (including phenoxy) is 1. The van der Waals surface area contributed by atoms with E-state index in [2.05, 4.69) is 0 Å². The topological polar surface area (TPSA) is 29.5 Å². The Morgan fingerprint density at radius 3 is 2.44 bits per heavy atom. The second-order valence-electron chi connectivity index (χ2n) is 5.65. The Morgan fingerprint density at radius 1 is 1.12 bits per heavy atom. The highest BCUT2D eigenvalue weighted by molar-refractivity contribution is 5.99. The molecule has 0 bridgehead atoms. The van der Waals surface area contributed by atoms with Crippen LogP contribution in [0.5, 0.6) is 5.75 Å². The number of rotatable bonds is 2. The number of para-hydroxylation sites is 1. The van der Waals surface area contributed by atoms with E-state index in [4.69, 9.17) is 4.74 Å². The minimum absolute atomic E-state index is 0.274. The van der Waals surface area contributed by atoms with E-state index in [1.54, 1.807) is 60.7 Å². The summed E-state index contributed by atoms with van der Waals surface area (Å²) in [6, 6.07) is 12.5. The second-order valence-corrected chi connectivity index (χ2v) is 5.65. The molecule has 3 rings (SSSR count). The Kier molecular flexibility index (Phi) is 4.53. The first-order valence-corrected chi connectivity index (χ1v) is 7.70. The Balaban J connectivity index is 2.12. The van der Waals surface area contributed by atoms with Crippen LogP contribution in [-0.2, 0) is 11.2 Å². The van der Waals surface area contributed by atoms with Crippen LogP contribution in [-0.4, -0.2) is 19.2 Å². The average molecular weight is 347 g/mol. The van der Waals surface area contributed by atoms with Crippen molar-refractivity contribution < 1.29 is 22.7 Å². The van der Waals surface area contributed by atoms with Gasteiger partial charge in [-0.3, -0.25) is 9.69 Å². The number of hydrogen-bond acceptors (Lipinski definition) is 2. The predicted molar refractivity (Wildman–Crippen MR) is 88.6 cm³/mol. The van der Waals surface area contributed by atoms with Crippen molar-refractivity contribution in [3.63, 3.8) is 0 Å². The van der Waals surface area contributed by atoms with Gasteiger partial charge in [-0.1, -0.05) is 42.5 Å². The summed E-state index contributed by atoms with van der Waals surface area (Å²) >= 11 is 0. The molecule has 0 unspecified atom stereocenters. The predicted octanol–water partition coefficient (Wildman–Crippen LogP) is 4.44. The van der Waals surface area contributed by atoms with E-state index in [9.17, 15) is 18.0 Å². The van der Waals surface area contributed by atoms with Gasteiger partial charge in [-0.25, -0.2) is 0 Å². The molecule has 0 aliphatic carbocycles. The number of allylic oxidation sites excluding steroid dienone is 1. The highest BCUT2D eigenvalue weighted by Crippen LogP contribution is 2.37. The van der Waals surface area contributed by atoms with Crippen LogP contribution in [0.3, 0.4) is 0 Å². The van der Waals surface area contributed by atoms with Crippen LogP contribution in [0.25, 0.3) is 0 Å². The molecule has 0 fully saturated rings. The number of anilines is 1. The largest absolute Gasteiger partial charge is 0.497 e. The van der Waals surface area contributed by atoms with Crippen molar-refractivity contribution in [2.45, 2.75) is 18.6 Å². The van der Waals surface area contributed by atoms with E-state index < -0.39 is 18.1 Å². The lowest BCUT2D eigenvalue weighted by Crippen LogP contribution is -2.43. The fourth-order valence-electron chi connectivity index (χ4n) is 2.91. The third-order valence-electron chi connectivity index (χ3n) is 4.10. The van der Waals surface area contributed by atoms with Crippen LogP contribution in [0.2, 0.25) is 0 Å². The Morgan fingerprint density at radius 2 is 1.80 bits per heavy atom. The molecule has 130 valence electrons. The number of carbonyl (C=O) groups excluding carboxylic acids is 1. The van der Waals surface area contributed by atoms with Crippen molar-refractivity contribution in [2.75, 3.05) is 12.0 Å². The van der Waals surface area contributed by atoms with Gasteiger partial charge >= 0.3 is 12.1 Å². The van der Waals surface area contributed by atoms with Crippen molar-refractivity contribution in [1.29, 1.82) is 0 Å². The number of methoxy groups -OCH3 is 1. The molecule has 0 saturated carbocycles. The Bertz CT molecular complexity index is 797. The van der Waals surface area contributed by atoms with Gasteiger partial charge < -0.3 is 4.74 Å². The van der Waals surface area contributed by atoms with Gasteiger partial charge in [0.1, 0.15) is 5.75 Å². The molecule has 2 aromatic carbocycles. The van der Waals surface area contributed by atoms with Crippen molar-refractivity contribution >= 4 is 11.6 Å². The molecule has 1 aliphatic heterocycles. The van der Waals surface area contributed by atoms with E-state index in [0.717, 1.165) is 4.90 Å². The minimum atomic E-state index is -4.96. The van der Waals surface area contributed by atoms with Gasteiger partial charge in [0.25, 0.3) is 0 Å². The number of amides is 1. The van der Waals surface area contributed by atoms with E-state index in [1.807, 2.05) is 0 Å². The Labute approximate surface area is 143 Å². The molecule has 0 N–H and O–H groups in total. The number of benzene rings is 2. The first kappa shape index (κ1) is 17.1. The van der Waals surface area contributed by atoms with Gasteiger partial charge in [0, 0.05) is 5.69 Å². The highest BCUT2D eigenvalue weighted by atomic mass is 19.4. The zero-order chi connectivity index (χ0) is 18.0. The maximum Gasteiger partial charge on any atom is 0.471 e. The molecule has 2 aromatic rings. The summed E-state index contributed by atoms with van der Waals surface area (Å²) in [6.07, 6.45) is -1.08. The Hall–Kier alpha value is -2.76. The summed E-state index contributed by atoms with van der Waals surface area (Å²) in [6.45, 7) is 0. The summed E-state index contributed by atoms with van der Waals surface area (Å²) in [7, 11) is 1.51. The zero-order valence-electron chi connectivity index (χ0n) is 13.5. The molecule has 0 radical (unpaired) electrons. The van der Waals surface area contributed by atoms with E-state index in [1.165, 1.54) is 7.11 Å². The number of halogens is 3. The van der Waals surface area contributed by atoms with E-state index in [-0.39, 0.29) is 5.69 Å². The standard InChI is InChI=1S/C19H16F3NO2/c1-25-15-11-9-14(10-12-15)17-8-4-6-13-5-2-3-7-16(13)23(17)18(24)19(20,21)22/h2-5,7-12,17H,6H2,1H3/t17-/m0/s1. The number of alkyl halides is 3. The fourth-order valence-corrected chi connectivity index (χ4v) is 2.91. The van der Waals surface area contributed by atoms with Crippen LogP contribution < -0.4 is 9.64 Å². The maximum atomic E-state index is 13.2. The number of nitrogens with zero attached hydrogens (tertiary/aromatic N) is 1. The molecular formula is C19H16F3NO2. The molecule has 3 nitrogen and oxygen atoms in total. The minimum Gasteiger partial charge on any atom is -0.497 e. The van der Waals surface area contributed by atoms with E-state index in [0.29, 0.717) is 23.3 Å². The third-order valence-corrected chi connectivity index (χ3v) is 4.10. The fraction of sp³-hybridized carbons (Fsp3) is 0.211. The maximum absolute atomic E-state index is 13.2. The lowest BCUT2D eigenvalue weighted by atomic mass is 10.0. The smallest absolute Gasteiger partial charge is 0.471 e. The highest BCUT2D eigenvalue weighted by Gasteiger charge is 2.46. The third kappa shape index (κ3) is 3.38. The van der Waals surface area contributed by atoms with Gasteiger partial charge in [-0.2, -0.15) is 13.2 Å². The molecule has 0 spiro atoms. The SMILES string of the molecule is COc1ccc([C@@H]2C=CCc3ccccc3N2C(=O)C(F)(F)F)cc1. The van der Waals surface area contributed by atoms with Crippen molar-refractivity contribution in [3.8, 4) is 5.75 Å². The molecule has 0 saturated heterocycles. The van der Waals surface area contributed by atoms with Gasteiger partial charge in [-0.15, -0.1) is 0 Å². The molecule has 1 aliphatic rings. The van der Waals surface area contributed by atoms with Crippen LogP contribution in [0.4, 0.5) is 18.9 Å². The summed E-state index contributed by atoms with van der Waals surface area (Å²) in [5.41, 5.74) is 1.52. The molecule has 1 atom stereocenters. The lowest BCUT2D eigenvalue weighted by Gasteiger charge is -2.31. The van der Waals surface area contributed by atoms with E-state index >= 15 is 0 Å². The van der Waals surface area contributed by atoms with Crippen molar-refractivity contribution in [1.82, 2.24) is 0 Å². The van der Waals surface area contributed by atoms with Crippen LogP contribution in [0, 0.1) is 0 Å². The molecule has 6 heteroatoms. The average Bonchev–Trinajstić information content (AvgIpc) is 2.79. The molecule has 25 heavy (non-hydrogen) atoms. The van der Waals surface area contributed by atoms with Gasteiger partial charge in [-0.05, 0) is 35.7 Å². The van der Waals surface area contributed by atoms with Gasteiger partial charge in [0.05, 0.1) is 13.2 Å². The van der Waals surface area contributed by atoms with Crippen LogP contribution >= 0.6 is 0 Å². The zero-order valence-corrected chi connectivity index (χ0v) is 13.5. The van der Waals surface area contributed by atoms with Gasteiger partial charge in [0.2, 0.25) is 0 Å². The first-order valence-electron chi connectivity index (χ1n) is 7.70. The van der Waals surface area contributed by atoms with Crippen LogP contribution in [0.1, 0.15) is 17.2 Å². The van der Waals surface area contributed by atoms with Crippen molar-refractivity contribution in [2.24, 2.45) is 0 Å². The lowest BCUT2D eigenvalue weighted by molar-refractivity contribution is -0.170. The number of fused-ring (bicyclic) bond motifs is 1. The molecule has 1 amide bonds. The molecular weight excluding hydrogens is 331 g/mol. The monoisotopic (exact) mass is 347 g/mol.